The summed E-state index contributed by atoms with van der Waals surface area (Å²) in [5, 5.41) is 20.1. The van der Waals surface area contributed by atoms with Crippen molar-refractivity contribution in [3.05, 3.63) is 71.3 Å². The highest BCUT2D eigenvalue weighted by Gasteiger charge is 2.39. The number of alkyl halides is 1. The van der Waals surface area contributed by atoms with Gasteiger partial charge in [0.2, 0.25) is 5.60 Å². The molecule has 1 unspecified atom stereocenters. The van der Waals surface area contributed by atoms with E-state index in [2.05, 4.69) is 0 Å². The lowest BCUT2D eigenvalue weighted by molar-refractivity contribution is -0.155. The van der Waals surface area contributed by atoms with Gasteiger partial charge in [0.1, 0.15) is 0 Å². The number of halogens is 1. The first-order valence-electron chi connectivity index (χ1n) is 6.75. The lowest BCUT2D eigenvalue weighted by Crippen LogP contribution is -2.36. The second-order valence-corrected chi connectivity index (χ2v) is 4.87. The molecule has 3 nitrogen and oxygen atoms in total. The fraction of sp³-hybridized carbons (Fsp3) is 0.235. The monoisotopic (exact) mass is 288 g/mol. The maximum atomic E-state index is 12.2. The maximum Gasteiger partial charge on any atom is 0.345 e. The highest BCUT2D eigenvalue weighted by molar-refractivity contribution is 5.83. The van der Waals surface area contributed by atoms with E-state index in [1.807, 2.05) is 0 Å². The lowest BCUT2D eigenvalue weighted by Gasteiger charge is -2.24. The van der Waals surface area contributed by atoms with Crippen molar-refractivity contribution in [2.24, 2.45) is 0 Å². The molecule has 0 bridgehead atoms. The van der Waals surface area contributed by atoms with Crippen molar-refractivity contribution in [1.29, 1.82) is 0 Å². The third-order valence-corrected chi connectivity index (χ3v) is 3.47. The minimum Gasteiger partial charge on any atom is -0.479 e. The fourth-order valence-electron chi connectivity index (χ4n) is 2.28. The number of carboxylic acid groups (broad SMARTS) is 1. The Balaban J connectivity index is 2.37. The van der Waals surface area contributed by atoms with E-state index in [9.17, 15) is 19.4 Å². The smallest absolute Gasteiger partial charge is 0.345 e. The topological polar surface area (TPSA) is 57.5 Å². The zero-order chi connectivity index (χ0) is 15.3. The van der Waals surface area contributed by atoms with Crippen LogP contribution < -0.4 is 0 Å². The first kappa shape index (κ1) is 15.2. The maximum absolute atomic E-state index is 12.2. The largest absolute Gasteiger partial charge is 0.479 e. The average molecular weight is 288 g/mol. The van der Waals surface area contributed by atoms with Crippen molar-refractivity contribution >= 4 is 5.97 Å². The molecule has 0 aliphatic carbocycles. The molecule has 2 N–H and O–H groups in total. The third kappa shape index (κ3) is 3.11. The molecule has 0 fully saturated rings. The molecule has 0 aromatic heterocycles. The molecule has 4 heteroatoms. The Kier molecular flexibility index (Phi) is 4.70. The van der Waals surface area contributed by atoms with Crippen molar-refractivity contribution in [2.45, 2.75) is 18.4 Å². The summed E-state index contributed by atoms with van der Waals surface area (Å²) in [6, 6.07) is 14.9. The average Bonchev–Trinajstić information content (AvgIpc) is 2.53. The van der Waals surface area contributed by atoms with Crippen LogP contribution in [-0.2, 0) is 16.8 Å². The van der Waals surface area contributed by atoms with Gasteiger partial charge in [-0.15, -0.1) is 0 Å². The quantitative estimate of drug-likeness (QED) is 0.859. The minimum absolute atomic E-state index is 0.283. The Morgan fingerprint density at radius 3 is 2.10 bits per heavy atom. The summed E-state index contributed by atoms with van der Waals surface area (Å²) in [7, 11) is 0. The minimum atomic E-state index is -2.08. The van der Waals surface area contributed by atoms with Crippen LogP contribution in [0.3, 0.4) is 0 Å². The van der Waals surface area contributed by atoms with Crippen LogP contribution in [0.4, 0.5) is 4.39 Å². The Morgan fingerprint density at radius 2 is 1.57 bits per heavy atom. The number of rotatable bonds is 6. The van der Waals surface area contributed by atoms with Gasteiger partial charge in [-0.2, -0.15) is 0 Å². The Hall–Kier alpha value is -2.20. The summed E-state index contributed by atoms with van der Waals surface area (Å²) in [5.41, 5.74) is -0.587. The molecule has 0 saturated heterocycles. The van der Waals surface area contributed by atoms with Gasteiger partial charge >= 0.3 is 5.97 Å². The Labute approximate surface area is 122 Å². The van der Waals surface area contributed by atoms with Gasteiger partial charge in [-0.1, -0.05) is 54.6 Å². The van der Waals surface area contributed by atoms with E-state index in [0.717, 1.165) is 5.56 Å². The fourth-order valence-corrected chi connectivity index (χ4v) is 2.28. The first-order chi connectivity index (χ1) is 10.1. The molecule has 0 saturated carbocycles. The van der Waals surface area contributed by atoms with Crippen LogP contribution in [0.5, 0.6) is 0 Å². The van der Waals surface area contributed by atoms with Gasteiger partial charge in [-0.25, -0.2) is 4.79 Å². The van der Waals surface area contributed by atoms with E-state index in [-0.39, 0.29) is 12.2 Å². The van der Waals surface area contributed by atoms with Crippen molar-refractivity contribution < 1.29 is 19.4 Å². The second-order valence-electron chi connectivity index (χ2n) is 4.87. The second kappa shape index (κ2) is 6.50. The molecule has 0 aliphatic heterocycles. The Bertz CT molecular complexity index is 595. The molecule has 2 aromatic rings. The van der Waals surface area contributed by atoms with E-state index in [0.29, 0.717) is 18.4 Å². The summed E-state index contributed by atoms with van der Waals surface area (Å²) in [6.07, 6.45) is 1.02. The number of benzene rings is 2. The molecule has 0 amide bonds. The van der Waals surface area contributed by atoms with Gasteiger partial charge in [0.05, 0.1) is 6.67 Å². The number of aliphatic hydroxyl groups is 1. The lowest BCUT2D eigenvalue weighted by atomic mass is 9.86. The summed E-state index contributed by atoms with van der Waals surface area (Å²) >= 11 is 0. The van der Waals surface area contributed by atoms with Crippen molar-refractivity contribution in [1.82, 2.24) is 0 Å². The van der Waals surface area contributed by atoms with Crippen LogP contribution in [0.2, 0.25) is 0 Å². The standard InChI is InChI=1S/C17H17FO3/c18-12-4-5-13-8-10-15(11-9-13)17(21,16(19)20)14-6-2-1-3-7-14/h1-3,6-11,21H,4-5,12H2,(H,19,20). The Morgan fingerprint density at radius 1 is 1.00 bits per heavy atom. The first-order valence-corrected chi connectivity index (χ1v) is 6.75. The van der Waals surface area contributed by atoms with Crippen LogP contribution in [0, 0.1) is 0 Å². The molecule has 0 radical (unpaired) electrons. The van der Waals surface area contributed by atoms with E-state index < -0.39 is 11.6 Å². The van der Waals surface area contributed by atoms with Gasteiger partial charge in [-0.3, -0.25) is 4.39 Å². The van der Waals surface area contributed by atoms with E-state index in [1.54, 1.807) is 54.6 Å². The highest BCUT2D eigenvalue weighted by atomic mass is 19.1. The number of carbonyl (C=O) groups is 1. The van der Waals surface area contributed by atoms with Crippen LogP contribution in [0.25, 0.3) is 0 Å². The number of aryl methyl sites for hydroxylation is 1. The SMILES string of the molecule is O=C(O)C(O)(c1ccccc1)c1ccc(CCCF)cc1. The zero-order valence-corrected chi connectivity index (χ0v) is 11.5. The molecule has 1 atom stereocenters. The van der Waals surface area contributed by atoms with Gasteiger partial charge in [0, 0.05) is 0 Å². The molecular weight excluding hydrogens is 271 g/mol. The summed E-state index contributed by atoms with van der Waals surface area (Å²) in [6.45, 7) is -0.384. The van der Waals surface area contributed by atoms with E-state index in [1.165, 1.54) is 0 Å². The van der Waals surface area contributed by atoms with Crippen LogP contribution in [0.1, 0.15) is 23.1 Å². The number of aliphatic carboxylic acids is 1. The van der Waals surface area contributed by atoms with Crippen molar-refractivity contribution in [3.8, 4) is 0 Å². The molecule has 2 rings (SSSR count). The van der Waals surface area contributed by atoms with Crippen molar-refractivity contribution in [3.63, 3.8) is 0 Å². The normalized spacial score (nSPS) is 13.6. The molecule has 21 heavy (non-hydrogen) atoms. The van der Waals surface area contributed by atoms with Crippen LogP contribution >= 0.6 is 0 Å². The zero-order valence-electron chi connectivity index (χ0n) is 11.5. The predicted octanol–water partition coefficient (Wildman–Crippen LogP) is 2.91. The molecule has 0 spiro atoms. The molecule has 2 aromatic carbocycles. The van der Waals surface area contributed by atoms with E-state index >= 15 is 0 Å². The van der Waals surface area contributed by atoms with E-state index in [4.69, 9.17) is 0 Å². The number of hydrogen-bond acceptors (Lipinski definition) is 2. The van der Waals surface area contributed by atoms with Crippen LogP contribution in [-0.4, -0.2) is 22.9 Å². The molecule has 110 valence electrons. The van der Waals surface area contributed by atoms with Crippen molar-refractivity contribution in [2.75, 3.05) is 6.67 Å². The molecule has 0 aliphatic rings. The molecule has 0 heterocycles. The predicted molar refractivity (Wildman–Crippen MR) is 77.8 cm³/mol. The van der Waals surface area contributed by atoms with Gasteiger partial charge in [0.15, 0.2) is 0 Å². The summed E-state index contributed by atoms with van der Waals surface area (Å²) in [4.78, 5) is 11.6. The summed E-state index contributed by atoms with van der Waals surface area (Å²) in [5.74, 6) is -1.33. The van der Waals surface area contributed by atoms with Crippen LogP contribution in [0.15, 0.2) is 54.6 Å². The molecular formula is C17H17FO3. The highest BCUT2D eigenvalue weighted by Crippen LogP contribution is 2.30. The number of carboxylic acids is 1. The van der Waals surface area contributed by atoms with Gasteiger partial charge < -0.3 is 10.2 Å². The third-order valence-electron chi connectivity index (χ3n) is 3.47. The number of hydrogen-bond donors (Lipinski definition) is 2. The van der Waals surface area contributed by atoms with Gasteiger partial charge in [-0.05, 0) is 29.5 Å². The summed E-state index contributed by atoms with van der Waals surface area (Å²) < 4.78 is 12.2. The van der Waals surface area contributed by atoms with Gasteiger partial charge in [0.25, 0.3) is 0 Å².